The van der Waals surface area contributed by atoms with Crippen molar-refractivity contribution in [2.45, 2.75) is 39.5 Å². The lowest BCUT2D eigenvalue weighted by Crippen LogP contribution is -2.27. The molecule has 2 unspecified atom stereocenters. The van der Waals surface area contributed by atoms with Crippen molar-refractivity contribution in [3.8, 4) is 11.1 Å². The fraction of sp³-hybridized carbons (Fsp3) is 0.222. The summed E-state index contributed by atoms with van der Waals surface area (Å²) in [5.74, 6) is 0.348. The molecule has 35 heavy (non-hydrogen) atoms. The van der Waals surface area contributed by atoms with Crippen LogP contribution in [-0.4, -0.2) is 30.9 Å². The lowest BCUT2D eigenvalue weighted by molar-refractivity contribution is -0.117. The van der Waals surface area contributed by atoms with Gasteiger partial charge in [-0.05, 0) is 54.8 Å². The van der Waals surface area contributed by atoms with Gasteiger partial charge in [-0.3, -0.25) is 25.0 Å². The Hall–Kier alpha value is -4.01. The Morgan fingerprint density at radius 1 is 1.00 bits per heavy atom. The number of aromatic nitrogens is 4. The van der Waals surface area contributed by atoms with Crippen LogP contribution in [0.15, 0.2) is 79.6 Å². The van der Waals surface area contributed by atoms with E-state index >= 15 is 0 Å². The van der Waals surface area contributed by atoms with Gasteiger partial charge in [-0.25, -0.2) is 9.97 Å². The minimum absolute atomic E-state index is 0.119. The van der Waals surface area contributed by atoms with Gasteiger partial charge < -0.3 is 5.11 Å². The highest BCUT2D eigenvalue weighted by Crippen LogP contribution is 2.33. The SMILES string of the molecule is CCC(=O)N(c1cc(-c2ccc(C)cc2)cc(C(O)NC(C)c2cnccn2)c1)c1ccncn1. The van der Waals surface area contributed by atoms with E-state index in [0.29, 0.717) is 29.2 Å². The second-order valence-corrected chi connectivity index (χ2v) is 8.25. The van der Waals surface area contributed by atoms with Crippen LogP contribution in [-0.2, 0) is 4.79 Å². The van der Waals surface area contributed by atoms with E-state index in [2.05, 4.69) is 25.3 Å². The summed E-state index contributed by atoms with van der Waals surface area (Å²) in [7, 11) is 0. The third-order valence-electron chi connectivity index (χ3n) is 5.68. The van der Waals surface area contributed by atoms with Gasteiger partial charge in [0.05, 0.1) is 17.4 Å². The van der Waals surface area contributed by atoms with Gasteiger partial charge in [0.1, 0.15) is 18.4 Å². The van der Waals surface area contributed by atoms with Gasteiger partial charge in [-0.15, -0.1) is 0 Å². The van der Waals surface area contributed by atoms with Gasteiger partial charge in [-0.1, -0.05) is 36.8 Å². The number of hydrogen-bond donors (Lipinski definition) is 2. The normalized spacial score (nSPS) is 12.7. The highest BCUT2D eigenvalue weighted by atomic mass is 16.3. The van der Waals surface area contributed by atoms with Crippen molar-refractivity contribution >= 4 is 17.4 Å². The molecule has 0 spiro atoms. The van der Waals surface area contributed by atoms with Crippen LogP contribution in [0.3, 0.4) is 0 Å². The molecule has 4 aromatic rings. The Kier molecular flexibility index (Phi) is 7.54. The summed E-state index contributed by atoms with van der Waals surface area (Å²) in [5.41, 5.74) is 4.92. The van der Waals surface area contributed by atoms with E-state index in [4.69, 9.17) is 0 Å². The Morgan fingerprint density at radius 2 is 1.80 bits per heavy atom. The van der Waals surface area contributed by atoms with Crippen LogP contribution in [0.4, 0.5) is 11.5 Å². The maximum atomic E-state index is 13.0. The molecule has 2 heterocycles. The first-order valence-corrected chi connectivity index (χ1v) is 11.5. The minimum Gasteiger partial charge on any atom is -0.374 e. The third kappa shape index (κ3) is 5.74. The number of nitrogens with zero attached hydrogens (tertiary/aromatic N) is 5. The summed E-state index contributed by atoms with van der Waals surface area (Å²) < 4.78 is 0. The van der Waals surface area contributed by atoms with Crippen LogP contribution in [0.25, 0.3) is 11.1 Å². The van der Waals surface area contributed by atoms with Crippen molar-refractivity contribution in [2.24, 2.45) is 0 Å². The zero-order chi connectivity index (χ0) is 24.8. The van der Waals surface area contributed by atoms with Crippen molar-refractivity contribution < 1.29 is 9.90 Å². The molecule has 0 saturated carbocycles. The molecule has 8 nitrogen and oxygen atoms in total. The number of aryl methyl sites for hydroxylation is 1. The van der Waals surface area contributed by atoms with Gasteiger partial charge in [0.15, 0.2) is 0 Å². The van der Waals surface area contributed by atoms with Crippen LogP contribution in [0.2, 0.25) is 0 Å². The third-order valence-corrected chi connectivity index (χ3v) is 5.68. The second kappa shape index (κ2) is 10.9. The Balaban J connectivity index is 1.78. The first-order chi connectivity index (χ1) is 17.0. The molecule has 2 aromatic heterocycles. The van der Waals surface area contributed by atoms with Crippen LogP contribution < -0.4 is 10.2 Å². The summed E-state index contributed by atoms with van der Waals surface area (Å²) in [4.78, 5) is 31.3. The molecule has 4 rings (SSSR count). The van der Waals surface area contributed by atoms with Crippen molar-refractivity contribution in [3.05, 3.63) is 96.5 Å². The molecule has 0 aliphatic rings. The fourth-order valence-electron chi connectivity index (χ4n) is 3.77. The molecule has 8 heteroatoms. The highest BCUT2D eigenvalue weighted by Gasteiger charge is 2.22. The molecule has 0 saturated heterocycles. The van der Waals surface area contributed by atoms with Crippen LogP contribution in [0.1, 0.15) is 49.4 Å². The van der Waals surface area contributed by atoms with Crippen LogP contribution >= 0.6 is 0 Å². The zero-order valence-electron chi connectivity index (χ0n) is 20.0. The molecule has 2 atom stereocenters. The number of rotatable bonds is 8. The van der Waals surface area contributed by atoms with Crippen molar-refractivity contribution in [3.63, 3.8) is 0 Å². The molecule has 0 fully saturated rings. The number of anilines is 2. The summed E-state index contributed by atoms with van der Waals surface area (Å²) in [6.07, 6.45) is 7.17. The summed E-state index contributed by atoms with van der Waals surface area (Å²) in [6, 6.07) is 15.2. The first-order valence-electron chi connectivity index (χ1n) is 11.5. The number of nitrogens with one attached hydrogen (secondary N) is 1. The minimum atomic E-state index is -1.01. The van der Waals surface area contributed by atoms with Gasteiger partial charge in [-0.2, -0.15) is 0 Å². The molecule has 0 bridgehead atoms. The predicted octanol–water partition coefficient (Wildman–Crippen LogP) is 4.66. The number of aliphatic hydroxyl groups is 1. The van der Waals surface area contributed by atoms with E-state index < -0.39 is 6.23 Å². The molecule has 1 amide bonds. The van der Waals surface area contributed by atoms with Crippen molar-refractivity contribution in [1.29, 1.82) is 0 Å². The van der Waals surface area contributed by atoms with Crippen LogP contribution in [0.5, 0.6) is 0 Å². The molecule has 0 radical (unpaired) electrons. The zero-order valence-corrected chi connectivity index (χ0v) is 20.0. The molecular weight excluding hydrogens is 440 g/mol. The number of carbonyl (C=O) groups excluding carboxylic acids is 1. The van der Waals surface area contributed by atoms with Crippen LogP contribution in [0, 0.1) is 6.92 Å². The molecular formula is C27H28N6O2. The quantitative estimate of drug-likeness (QED) is 0.363. The topological polar surface area (TPSA) is 104 Å². The van der Waals surface area contributed by atoms with Crippen molar-refractivity contribution in [2.75, 3.05) is 4.90 Å². The molecule has 2 aromatic carbocycles. The highest BCUT2D eigenvalue weighted by molar-refractivity contribution is 6.00. The number of aliphatic hydroxyl groups excluding tert-OH is 1. The fourth-order valence-corrected chi connectivity index (χ4v) is 3.77. The summed E-state index contributed by atoms with van der Waals surface area (Å²) in [6.45, 7) is 5.75. The van der Waals surface area contributed by atoms with E-state index in [1.165, 1.54) is 6.33 Å². The molecule has 2 N–H and O–H groups in total. The predicted molar refractivity (Wildman–Crippen MR) is 135 cm³/mol. The monoisotopic (exact) mass is 468 g/mol. The lowest BCUT2D eigenvalue weighted by atomic mass is 9.99. The van der Waals surface area contributed by atoms with Gasteiger partial charge in [0.25, 0.3) is 0 Å². The summed E-state index contributed by atoms with van der Waals surface area (Å²) in [5, 5.41) is 14.3. The Morgan fingerprint density at radius 3 is 2.46 bits per heavy atom. The van der Waals surface area contributed by atoms with Crippen molar-refractivity contribution in [1.82, 2.24) is 25.3 Å². The van der Waals surface area contributed by atoms with E-state index in [1.807, 2.05) is 50.2 Å². The average Bonchev–Trinajstić information content (AvgIpc) is 2.90. The maximum Gasteiger partial charge on any atom is 0.232 e. The van der Waals surface area contributed by atoms with Gasteiger partial charge in [0.2, 0.25) is 5.91 Å². The van der Waals surface area contributed by atoms with E-state index in [0.717, 1.165) is 16.7 Å². The van der Waals surface area contributed by atoms with E-state index in [1.54, 1.807) is 48.7 Å². The number of amides is 1. The first kappa shape index (κ1) is 24.1. The second-order valence-electron chi connectivity index (χ2n) is 8.25. The largest absolute Gasteiger partial charge is 0.374 e. The van der Waals surface area contributed by atoms with Gasteiger partial charge >= 0.3 is 0 Å². The molecule has 0 aliphatic carbocycles. The number of benzene rings is 2. The van der Waals surface area contributed by atoms with E-state index in [9.17, 15) is 9.90 Å². The van der Waals surface area contributed by atoms with E-state index in [-0.39, 0.29) is 11.9 Å². The molecule has 178 valence electrons. The standard InChI is InChI=1S/C27H28N6O2/c1-4-26(34)33(25-9-10-29-17-31-25)23-14-21(20-7-5-18(2)6-8-20)13-22(15-23)27(35)32-19(3)24-16-28-11-12-30-24/h5-17,19,27,32,35H,4H2,1-3H3. The Bertz CT molecular complexity index is 1270. The number of hydrogen-bond acceptors (Lipinski definition) is 7. The van der Waals surface area contributed by atoms with Gasteiger partial charge in [0, 0.05) is 31.2 Å². The number of carbonyl (C=O) groups is 1. The summed E-state index contributed by atoms with van der Waals surface area (Å²) >= 11 is 0. The maximum absolute atomic E-state index is 13.0. The smallest absolute Gasteiger partial charge is 0.232 e. The Labute approximate surface area is 204 Å². The molecule has 0 aliphatic heterocycles. The lowest BCUT2D eigenvalue weighted by Gasteiger charge is -2.25. The average molecular weight is 469 g/mol.